The lowest BCUT2D eigenvalue weighted by atomic mass is 10.3. The highest BCUT2D eigenvalue weighted by Crippen LogP contribution is 2.03. The summed E-state index contributed by atoms with van der Waals surface area (Å²) in [6.45, 7) is 3.08. The van der Waals surface area contributed by atoms with E-state index in [4.69, 9.17) is 4.74 Å². The average Bonchev–Trinajstić information content (AvgIpc) is 2.84. The van der Waals surface area contributed by atoms with E-state index in [1.54, 1.807) is 12.4 Å². The summed E-state index contributed by atoms with van der Waals surface area (Å²) >= 11 is 1.31. The summed E-state index contributed by atoms with van der Waals surface area (Å²) < 4.78 is 6.06. The van der Waals surface area contributed by atoms with Crippen molar-refractivity contribution in [3.05, 3.63) is 27.6 Å². The van der Waals surface area contributed by atoms with Crippen LogP contribution >= 0.6 is 11.3 Å². The standard InChI is InChI=1S/C11H14N4O3S/c1-2-18-10(17)3-4-12-6-8-5-9(16)15-11(14-8)19-7-13-15/h5,7,12H,2-4,6H2,1H3. The maximum atomic E-state index is 11.7. The van der Waals surface area contributed by atoms with E-state index in [9.17, 15) is 9.59 Å². The van der Waals surface area contributed by atoms with Gasteiger partial charge in [0.15, 0.2) is 0 Å². The summed E-state index contributed by atoms with van der Waals surface area (Å²) in [4.78, 5) is 27.6. The van der Waals surface area contributed by atoms with E-state index < -0.39 is 0 Å². The third-order valence-corrected chi connectivity index (χ3v) is 3.03. The fourth-order valence-corrected chi connectivity index (χ4v) is 2.17. The molecule has 1 N–H and O–H groups in total. The average molecular weight is 282 g/mol. The molecule has 2 heterocycles. The minimum absolute atomic E-state index is 0.201. The van der Waals surface area contributed by atoms with Crippen LogP contribution in [0.15, 0.2) is 16.4 Å². The first-order valence-corrected chi connectivity index (χ1v) is 6.77. The molecule has 0 radical (unpaired) electrons. The smallest absolute Gasteiger partial charge is 0.307 e. The normalized spacial score (nSPS) is 10.8. The van der Waals surface area contributed by atoms with Gasteiger partial charge in [-0.3, -0.25) is 9.59 Å². The predicted molar refractivity (Wildman–Crippen MR) is 70.1 cm³/mol. The second kappa shape index (κ2) is 6.39. The first-order chi connectivity index (χ1) is 9.20. The summed E-state index contributed by atoms with van der Waals surface area (Å²) in [6, 6.07) is 1.43. The fraction of sp³-hybridized carbons (Fsp3) is 0.455. The molecule has 0 aromatic carbocycles. The van der Waals surface area contributed by atoms with Crippen molar-refractivity contribution < 1.29 is 9.53 Å². The SMILES string of the molecule is CCOC(=O)CCNCc1cc(=O)n2ncsc2n1. The van der Waals surface area contributed by atoms with Gasteiger partial charge in [-0.1, -0.05) is 11.3 Å². The van der Waals surface area contributed by atoms with Gasteiger partial charge in [-0.05, 0) is 6.92 Å². The van der Waals surface area contributed by atoms with Crippen molar-refractivity contribution in [3.8, 4) is 0 Å². The number of esters is 1. The maximum Gasteiger partial charge on any atom is 0.307 e. The highest BCUT2D eigenvalue weighted by molar-refractivity contribution is 7.14. The maximum absolute atomic E-state index is 11.7. The number of hydrogen-bond donors (Lipinski definition) is 1. The Morgan fingerprint density at radius 1 is 1.58 bits per heavy atom. The van der Waals surface area contributed by atoms with E-state index in [1.807, 2.05) is 0 Å². The monoisotopic (exact) mass is 282 g/mol. The fourth-order valence-electron chi connectivity index (χ4n) is 1.53. The zero-order chi connectivity index (χ0) is 13.7. The summed E-state index contributed by atoms with van der Waals surface area (Å²) in [5.74, 6) is -0.235. The molecular weight excluding hydrogens is 268 g/mol. The third kappa shape index (κ3) is 3.58. The van der Waals surface area contributed by atoms with Crippen LogP contribution in [-0.4, -0.2) is 33.7 Å². The summed E-state index contributed by atoms with van der Waals surface area (Å²) in [6.07, 6.45) is 0.301. The van der Waals surface area contributed by atoms with Gasteiger partial charge >= 0.3 is 5.97 Å². The molecule has 0 aliphatic carbocycles. The number of rotatable bonds is 6. The number of carbonyl (C=O) groups is 1. The number of ether oxygens (including phenoxy) is 1. The van der Waals surface area contributed by atoms with E-state index in [-0.39, 0.29) is 11.5 Å². The molecule has 0 unspecified atom stereocenters. The Bertz CT molecular complexity index is 622. The van der Waals surface area contributed by atoms with Gasteiger partial charge in [0.2, 0.25) is 4.96 Å². The number of nitrogens with zero attached hydrogens (tertiary/aromatic N) is 3. The molecule has 0 spiro atoms. The Morgan fingerprint density at radius 2 is 2.42 bits per heavy atom. The van der Waals surface area contributed by atoms with Crippen molar-refractivity contribution in [2.45, 2.75) is 19.9 Å². The lowest BCUT2D eigenvalue weighted by molar-refractivity contribution is -0.142. The van der Waals surface area contributed by atoms with Gasteiger partial charge in [0, 0.05) is 19.2 Å². The molecule has 0 aliphatic rings. The van der Waals surface area contributed by atoms with Crippen LogP contribution in [0.3, 0.4) is 0 Å². The van der Waals surface area contributed by atoms with E-state index in [0.717, 1.165) is 0 Å². The first kappa shape index (κ1) is 13.6. The molecule has 0 atom stereocenters. The highest BCUT2D eigenvalue weighted by atomic mass is 32.1. The molecule has 2 aromatic heterocycles. The van der Waals surface area contributed by atoms with Crippen molar-refractivity contribution in [2.24, 2.45) is 0 Å². The van der Waals surface area contributed by atoms with Crippen LogP contribution < -0.4 is 10.9 Å². The Kier molecular flexibility index (Phi) is 4.58. The number of carbonyl (C=O) groups excluding carboxylic acids is 1. The van der Waals surface area contributed by atoms with Gasteiger partial charge < -0.3 is 10.1 Å². The predicted octanol–water partition coefficient (Wildman–Crippen LogP) is 0.194. The van der Waals surface area contributed by atoms with Crippen molar-refractivity contribution in [3.63, 3.8) is 0 Å². The van der Waals surface area contributed by atoms with Crippen molar-refractivity contribution in [2.75, 3.05) is 13.2 Å². The Labute approximate surface area is 113 Å². The van der Waals surface area contributed by atoms with Crippen LogP contribution in [-0.2, 0) is 16.1 Å². The van der Waals surface area contributed by atoms with Crippen molar-refractivity contribution in [1.29, 1.82) is 0 Å². The van der Waals surface area contributed by atoms with Gasteiger partial charge in [-0.25, -0.2) is 4.98 Å². The topological polar surface area (TPSA) is 85.6 Å². The molecule has 2 rings (SSSR count). The molecule has 8 heteroatoms. The number of fused-ring (bicyclic) bond motifs is 1. The highest BCUT2D eigenvalue weighted by Gasteiger charge is 2.05. The van der Waals surface area contributed by atoms with E-state index in [0.29, 0.717) is 36.8 Å². The van der Waals surface area contributed by atoms with E-state index in [2.05, 4.69) is 15.4 Å². The van der Waals surface area contributed by atoms with Crippen LogP contribution in [0.1, 0.15) is 19.0 Å². The largest absolute Gasteiger partial charge is 0.466 e. The number of aromatic nitrogens is 3. The lowest BCUT2D eigenvalue weighted by Crippen LogP contribution is -2.22. The van der Waals surface area contributed by atoms with Crippen LogP contribution in [0.4, 0.5) is 0 Å². The summed E-state index contributed by atoms with van der Waals surface area (Å²) in [7, 11) is 0. The van der Waals surface area contributed by atoms with Crippen LogP contribution in [0.2, 0.25) is 0 Å². The van der Waals surface area contributed by atoms with Crippen LogP contribution in [0.25, 0.3) is 4.96 Å². The second-order valence-electron chi connectivity index (χ2n) is 3.75. The zero-order valence-electron chi connectivity index (χ0n) is 10.5. The van der Waals surface area contributed by atoms with Crippen molar-refractivity contribution >= 4 is 22.3 Å². The minimum atomic E-state index is -0.235. The van der Waals surface area contributed by atoms with Crippen LogP contribution in [0.5, 0.6) is 0 Å². The molecule has 0 saturated heterocycles. The second-order valence-corrected chi connectivity index (χ2v) is 4.56. The van der Waals surface area contributed by atoms with E-state index in [1.165, 1.54) is 21.9 Å². The number of nitrogens with one attached hydrogen (secondary N) is 1. The molecule has 19 heavy (non-hydrogen) atoms. The quantitative estimate of drug-likeness (QED) is 0.601. The molecular formula is C11H14N4O3S. The van der Waals surface area contributed by atoms with Gasteiger partial charge in [0.1, 0.15) is 5.51 Å². The molecule has 0 aliphatic heterocycles. The van der Waals surface area contributed by atoms with Crippen molar-refractivity contribution in [1.82, 2.24) is 19.9 Å². The molecule has 2 aromatic rings. The number of hydrogen-bond acceptors (Lipinski definition) is 7. The lowest BCUT2D eigenvalue weighted by Gasteiger charge is -2.04. The summed E-state index contributed by atoms with van der Waals surface area (Å²) in [5, 5.41) is 6.93. The molecule has 0 amide bonds. The van der Waals surface area contributed by atoms with Crippen LogP contribution in [0, 0.1) is 0 Å². The Hall–Kier alpha value is -1.80. The molecule has 0 fully saturated rings. The zero-order valence-corrected chi connectivity index (χ0v) is 11.3. The molecule has 7 nitrogen and oxygen atoms in total. The first-order valence-electron chi connectivity index (χ1n) is 5.89. The Balaban J connectivity index is 1.88. The summed E-state index contributed by atoms with van der Waals surface area (Å²) in [5.41, 5.74) is 2.01. The van der Waals surface area contributed by atoms with Gasteiger partial charge in [-0.15, -0.1) is 0 Å². The van der Waals surface area contributed by atoms with Gasteiger partial charge in [-0.2, -0.15) is 9.61 Å². The Morgan fingerprint density at radius 3 is 3.21 bits per heavy atom. The third-order valence-electron chi connectivity index (χ3n) is 2.36. The molecule has 102 valence electrons. The molecule has 0 saturated carbocycles. The van der Waals surface area contributed by atoms with Gasteiger partial charge in [0.05, 0.1) is 18.7 Å². The van der Waals surface area contributed by atoms with Gasteiger partial charge in [0.25, 0.3) is 5.56 Å². The minimum Gasteiger partial charge on any atom is -0.466 e. The molecule has 0 bridgehead atoms. The van der Waals surface area contributed by atoms with E-state index >= 15 is 0 Å².